The number of amides is 1. The first-order chi connectivity index (χ1) is 8.73. The number of carboxylic acids is 1. The second-order valence-corrected chi connectivity index (χ2v) is 3.66. The van der Waals surface area contributed by atoms with Gasteiger partial charge in [-0.15, -0.1) is 0 Å². The Morgan fingerprint density at radius 3 is 2.26 bits per heavy atom. The summed E-state index contributed by atoms with van der Waals surface area (Å²) in [5, 5.41) is 37.9. The molecule has 0 saturated carbocycles. The number of non-ortho nitro benzene ring substituents is 1. The van der Waals surface area contributed by atoms with E-state index in [1.807, 2.05) is 0 Å². The van der Waals surface area contributed by atoms with Crippen molar-refractivity contribution in [2.45, 2.75) is 12.2 Å². The molecule has 9 heteroatoms. The predicted octanol–water partition coefficient (Wildman–Crippen LogP) is -0.827. The van der Waals surface area contributed by atoms with E-state index < -0.39 is 34.7 Å². The topological polar surface area (TPSA) is 164 Å². The van der Waals surface area contributed by atoms with Crippen molar-refractivity contribution < 1.29 is 29.8 Å². The Hall–Kier alpha value is -2.52. The quantitative estimate of drug-likeness (QED) is 0.400. The van der Waals surface area contributed by atoms with Crippen LogP contribution in [0.3, 0.4) is 0 Å². The number of aliphatic hydroxyl groups is 2. The van der Waals surface area contributed by atoms with Gasteiger partial charge < -0.3 is 21.1 Å². The maximum Gasteiger partial charge on any atom is 0.335 e. The molecule has 5 N–H and O–H groups in total. The van der Waals surface area contributed by atoms with Crippen molar-refractivity contribution >= 4 is 17.6 Å². The van der Waals surface area contributed by atoms with Crippen LogP contribution in [-0.4, -0.2) is 38.2 Å². The summed E-state index contributed by atoms with van der Waals surface area (Å²) in [6.07, 6.45) is -4.10. The SMILES string of the molecule is NC(=O)c1cc(C(O)C(O)C(=O)O)cc([N+](=O)[O-])c1. The first-order valence-electron chi connectivity index (χ1n) is 4.92. The standard InChI is InChI=1S/C10H10N2O7/c11-9(15)5-1-4(2-6(3-5)12(18)19)7(13)8(14)10(16)17/h1-3,7-8,13-14H,(H2,11,15)(H,16,17). The number of primary amides is 1. The van der Waals surface area contributed by atoms with Crippen LogP contribution in [0.1, 0.15) is 22.0 Å². The van der Waals surface area contributed by atoms with Crippen molar-refractivity contribution in [3.8, 4) is 0 Å². The Bertz CT molecular complexity index is 510. The lowest BCUT2D eigenvalue weighted by molar-refractivity contribution is -0.385. The van der Waals surface area contributed by atoms with Gasteiger partial charge >= 0.3 is 5.97 Å². The highest BCUT2D eigenvalue weighted by atomic mass is 16.6. The van der Waals surface area contributed by atoms with E-state index >= 15 is 0 Å². The maximum absolute atomic E-state index is 11.0. The minimum absolute atomic E-state index is 0.277. The molecule has 9 nitrogen and oxygen atoms in total. The highest BCUT2D eigenvalue weighted by Gasteiger charge is 2.27. The normalized spacial score (nSPS) is 13.6. The maximum atomic E-state index is 11.0. The highest BCUT2D eigenvalue weighted by Crippen LogP contribution is 2.24. The van der Waals surface area contributed by atoms with E-state index in [1.165, 1.54) is 0 Å². The van der Waals surface area contributed by atoms with Gasteiger partial charge in [-0.25, -0.2) is 4.79 Å². The summed E-state index contributed by atoms with van der Waals surface area (Å²) in [5.74, 6) is -2.69. The minimum atomic E-state index is -2.18. The number of aliphatic hydroxyl groups excluding tert-OH is 2. The van der Waals surface area contributed by atoms with E-state index in [-0.39, 0.29) is 11.1 Å². The molecule has 1 rings (SSSR count). The average Bonchev–Trinajstić information content (AvgIpc) is 2.36. The van der Waals surface area contributed by atoms with Crippen molar-refractivity contribution in [2.75, 3.05) is 0 Å². The number of carbonyl (C=O) groups is 2. The molecule has 0 aliphatic carbocycles. The summed E-state index contributed by atoms with van der Waals surface area (Å²) in [6, 6.07) is 2.71. The van der Waals surface area contributed by atoms with Crippen LogP contribution in [0.15, 0.2) is 18.2 Å². The van der Waals surface area contributed by atoms with Crippen molar-refractivity contribution in [3.63, 3.8) is 0 Å². The lowest BCUT2D eigenvalue weighted by Crippen LogP contribution is -2.27. The van der Waals surface area contributed by atoms with Gasteiger partial charge in [0.05, 0.1) is 4.92 Å². The van der Waals surface area contributed by atoms with Crippen molar-refractivity contribution in [1.29, 1.82) is 0 Å². The van der Waals surface area contributed by atoms with Crippen LogP contribution in [0.4, 0.5) is 5.69 Å². The summed E-state index contributed by atoms with van der Waals surface area (Å²) < 4.78 is 0. The third kappa shape index (κ3) is 3.24. The van der Waals surface area contributed by atoms with Crippen LogP contribution in [0.2, 0.25) is 0 Å². The Morgan fingerprint density at radius 1 is 1.26 bits per heavy atom. The highest BCUT2D eigenvalue weighted by molar-refractivity contribution is 5.93. The molecule has 19 heavy (non-hydrogen) atoms. The van der Waals surface area contributed by atoms with Gasteiger partial charge in [0.1, 0.15) is 6.10 Å². The van der Waals surface area contributed by atoms with E-state index in [9.17, 15) is 29.9 Å². The zero-order valence-electron chi connectivity index (χ0n) is 9.39. The van der Waals surface area contributed by atoms with Gasteiger partial charge in [-0.05, 0) is 11.6 Å². The lowest BCUT2D eigenvalue weighted by Gasteiger charge is -2.14. The summed E-state index contributed by atoms with van der Waals surface area (Å²) >= 11 is 0. The molecule has 1 aromatic rings. The van der Waals surface area contributed by atoms with E-state index in [1.54, 1.807) is 0 Å². The van der Waals surface area contributed by atoms with Gasteiger partial charge in [0.25, 0.3) is 5.69 Å². The van der Waals surface area contributed by atoms with Crippen molar-refractivity contribution in [1.82, 2.24) is 0 Å². The van der Waals surface area contributed by atoms with Gasteiger partial charge in [-0.1, -0.05) is 0 Å². The number of nitro groups is 1. The number of hydrogen-bond acceptors (Lipinski definition) is 6. The molecular weight excluding hydrogens is 260 g/mol. The molecule has 0 fully saturated rings. The fraction of sp³-hybridized carbons (Fsp3) is 0.200. The number of carbonyl (C=O) groups excluding carboxylic acids is 1. The summed E-state index contributed by atoms with van der Waals surface area (Å²) in [6.45, 7) is 0. The first-order valence-corrected chi connectivity index (χ1v) is 4.92. The fourth-order valence-corrected chi connectivity index (χ4v) is 1.37. The van der Waals surface area contributed by atoms with Crippen LogP contribution < -0.4 is 5.73 Å². The number of aliphatic carboxylic acids is 1. The second-order valence-electron chi connectivity index (χ2n) is 3.66. The zero-order chi connectivity index (χ0) is 14.7. The third-order valence-corrected chi connectivity index (χ3v) is 2.33. The van der Waals surface area contributed by atoms with Gasteiger partial charge in [0.2, 0.25) is 5.91 Å². The van der Waals surface area contributed by atoms with E-state index in [0.29, 0.717) is 0 Å². The van der Waals surface area contributed by atoms with Gasteiger partial charge in [-0.2, -0.15) is 0 Å². The minimum Gasteiger partial charge on any atom is -0.479 e. The summed E-state index contributed by atoms with van der Waals surface area (Å²) in [5.41, 5.74) is 3.84. The molecule has 1 aromatic carbocycles. The largest absolute Gasteiger partial charge is 0.479 e. The number of nitrogens with zero attached hydrogens (tertiary/aromatic N) is 1. The smallest absolute Gasteiger partial charge is 0.335 e. The fourth-order valence-electron chi connectivity index (χ4n) is 1.37. The number of carboxylic acid groups (broad SMARTS) is 1. The molecule has 2 unspecified atom stereocenters. The molecule has 0 aliphatic rings. The number of nitro benzene ring substituents is 1. The molecule has 0 aliphatic heterocycles. The average molecular weight is 270 g/mol. The third-order valence-electron chi connectivity index (χ3n) is 2.33. The summed E-state index contributed by atoms with van der Waals surface area (Å²) in [7, 11) is 0. The zero-order valence-corrected chi connectivity index (χ0v) is 9.39. The van der Waals surface area contributed by atoms with Crippen LogP contribution in [-0.2, 0) is 4.79 Å². The molecule has 0 radical (unpaired) electrons. The number of nitrogens with two attached hydrogens (primary N) is 1. The molecule has 0 saturated heterocycles. The molecule has 0 aromatic heterocycles. The van der Waals surface area contributed by atoms with Crippen LogP contribution >= 0.6 is 0 Å². The predicted molar refractivity (Wildman–Crippen MR) is 60.2 cm³/mol. The Kier molecular flexibility index (Phi) is 4.14. The molecule has 2 atom stereocenters. The van der Waals surface area contributed by atoms with E-state index in [0.717, 1.165) is 18.2 Å². The lowest BCUT2D eigenvalue weighted by atomic mass is 10.0. The Balaban J connectivity index is 3.30. The number of rotatable bonds is 5. The molecular formula is C10H10N2O7. The van der Waals surface area contributed by atoms with E-state index in [4.69, 9.17) is 10.8 Å². The van der Waals surface area contributed by atoms with Crippen molar-refractivity contribution in [3.05, 3.63) is 39.4 Å². The number of hydrogen-bond donors (Lipinski definition) is 4. The molecule has 0 spiro atoms. The van der Waals surface area contributed by atoms with Crippen LogP contribution in [0, 0.1) is 10.1 Å². The monoisotopic (exact) mass is 270 g/mol. The Morgan fingerprint density at radius 2 is 1.84 bits per heavy atom. The van der Waals surface area contributed by atoms with Gasteiger partial charge in [0, 0.05) is 17.7 Å². The van der Waals surface area contributed by atoms with Gasteiger partial charge in [0.15, 0.2) is 6.10 Å². The number of benzene rings is 1. The first kappa shape index (κ1) is 14.5. The molecule has 0 heterocycles. The second kappa shape index (κ2) is 5.42. The molecule has 1 amide bonds. The summed E-state index contributed by atoms with van der Waals surface area (Å²) in [4.78, 5) is 31.3. The Labute approximate surface area is 106 Å². The van der Waals surface area contributed by atoms with Crippen LogP contribution in [0.5, 0.6) is 0 Å². The molecule has 102 valence electrons. The molecule has 0 bridgehead atoms. The van der Waals surface area contributed by atoms with E-state index in [2.05, 4.69) is 0 Å². The van der Waals surface area contributed by atoms with Crippen molar-refractivity contribution in [2.24, 2.45) is 5.73 Å². The van der Waals surface area contributed by atoms with Crippen LogP contribution in [0.25, 0.3) is 0 Å². The van der Waals surface area contributed by atoms with Gasteiger partial charge in [-0.3, -0.25) is 14.9 Å².